The molecule has 2 aromatic heterocycles. The van der Waals surface area contributed by atoms with Gasteiger partial charge in [-0.1, -0.05) is 36.4 Å². The molecule has 0 saturated heterocycles. The Kier molecular flexibility index (Phi) is 11.9. The summed E-state index contributed by atoms with van der Waals surface area (Å²) in [6, 6.07) is 5.83. The zero-order valence-electron chi connectivity index (χ0n) is 33.3. The van der Waals surface area contributed by atoms with Crippen molar-refractivity contribution in [1.29, 1.82) is 0 Å². The Balaban J connectivity index is 0.000000186. The molecule has 4 atom stereocenters. The fourth-order valence-corrected chi connectivity index (χ4v) is 7.91. The average Bonchev–Trinajstić information content (AvgIpc) is 3.55. The minimum Gasteiger partial charge on any atom is -0.503 e. The second kappa shape index (κ2) is 17.0. The summed E-state index contributed by atoms with van der Waals surface area (Å²) in [5.74, 6) is -7.39. The zero-order valence-corrected chi connectivity index (χ0v) is 33.3. The fourth-order valence-electron chi connectivity index (χ4n) is 7.91. The molecule has 4 aromatic rings. The van der Waals surface area contributed by atoms with Crippen LogP contribution in [0.5, 0.6) is 11.5 Å². The molecule has 14 nitrogen and oxygen atoms in total. The number of ketones is 2. The highest BCUT2D eigenvalue weighted by molar-refractivity contribution is 6.04. The van der Waals surface area contributed by atoms with Gasteiger partial charge >= 0.3 is 0 Å². The number of nitrogens with one attached hydrogen (secondary N) is 2. The van der Waals surface area contributed by atoms with Crippen LogP contribution in [0.15, 0.2) is 82.7 Å². The third kappa shape index (κ3) is 7.98. The molecule has 0 spiro atoms. The minimum absolute atomic E-state index is 0.0299. The summed E-state index contributed by atoms with van der Waals surface area (Å²) in [4.78, 5) is 76.7. The van der Waals surface area contributed by atoms with Crippen LogP contribution in [0.3, 0.4) is 0 Å². The van der Waals surface area contributed by atoms with Gasteiger partial charge in [0.15, 0.2) is 23.1 Å². The predicted molar refractivity (Wildman–Crippen MR) is 212 cm³/mol. The molecule has 324 valence electrons. The number of fused-ring (bicyclic) bond motifs is 4. The summed E-state index contributed by atoms with van der Waals surface area (Å²) < 4.78 is 67.9. The Hall–Kier alpha value is -6.66. The molecule has 4 aliphatic heterocycles. The van der Waals surface area contributed by atoms with Crippen molar-refractivity contribution >= 4 is 23.4 Å². The van der Waals surface area contributed by atoms with E-state index < -0.39 is 103 Å². The Morgan fingerprint density at radius 3 is 1.42 bits per heavy atom. The third-order valence-corrected chi connectivity index (χ3v) is 11.7. The van der Waals surface area contributed by atoms with Crippen LogP contribution < -0.4 is 21.5 Å². The van der Waals surface area contributed by atoms with Crippen LogP contribution in [0.25, 0.3) is 0 Å². The molecule has 4 N–H and O–H groups in total. The first-order valence-corrected chi connectivity index (χ1v) is 19.4. The summed E-state index contributed by atoms with van der Waals surface area (Å²) >= 11 is 0. The van der Waals surface area contributed by atoms with Gasteiger partial charge in [-0.3, -0.25) is 28.8 Å². The maximum Gasteiger partial charge on any atom is 0.257 e. The van der Waals surface area contributed by atoms with Gasteiger partial charge in [-0.05, 0) is 38.8 Å². The number of nitrogens with zero attached hydrogens (tertiary/aromatic N) is 2. The highest BCUT2D eigenvalue weighted by Gasteiger charge is 2.50. The van der Waals surface area contributed by atoms with Crippen molar-refractivity contribution in [2.24, 2.45) is 10.8 Å². The van der Waals surface area contributed by atoms with Crippen molar-refractivity contribution in [2.75, 3.05) is 13.2 Å². The number of amides is 2. The predicted octanol–water partition coefficient (Wildman–Crippen LogP) is 4.62. The third-order valence-electron chi connectivity index (χ3n) is 11.7. The molecule has 0 radical (unpaired) electrons. The van der Waals surface area contributed by atoms with Crippen LogP contribution in [0.2, 0.25) is 0 Å². The van der Waals surface area contributed by atoms with Crippen molar-refractivity contribution in [3.63, 3.8) is 0 Å². The normalized spacial score (nSPS) is 22.4. The van der Waals surface area contributed by atoms with E-state index in [2.05, 4.69) is 10.6 Å². The first kappa shape index (κ1) is 43.4. The number of carbonyl (C=O) groups excluding carboxylic acids is 4. The maximum atomic E-state index is 13.8. The Labute approximate surface area is 350 Å². The SMILES string of the molecule is C[C@@]12CC=CCO[C@@H]1Cn1cc(C(=O)NCc3ccc(F)cc3F)c(=O)c(O)c1C2=O.C[C@]12CC=CCO[C@@H]1Cn1cc(C(=O)NCc3ccc(F)cc3F)c(=O)c(O)c1C2=O. The minimum atomic E-state index is -0.996. The van der Waals surface area contributed by atoms with E-state index in [1.807, 2.05) is 12.2 Å². The van der Waals surface area contributed by atoms with E-state index in [1.165, 1.54) is 33.7 Å². The Bertz CT molecular complexity index is 2530. The largest absolute Gasteiger partial charge is 0.503 e. The summed E-state index contributed by atoms with van der Waals surface area (Å²) in [5.41, 5.74) is -4.94. The molecular formula is C44H40F4N4O10. The summed E-state index contributed by atoms with van der Waals surface area (Å²) in [5, 5.41) is 25.7. The van der Waals surface area contributed by atoms with E-state index in [1.54, 1.807) is 26.0 Å². The zero-order chi connectivity index (χ0) is 44.7. The second-order valence-electron chi connectivity index (χ2n) is 15.8. The van der Waals surface area contributed by atoms with Crippen molar-refractivity contribution in [2.45, 2.75) is 65.1 Å². The molecule has 0 saturated carbocycles. The van der Waals surface area contributed by atoms with Gasteiger partial charge < -0.3 is 39.5 Å². The Morgan fingerprint density at radius 2 is 1.05 bits per heavy atom. The molecular weight excluding hydrogens is 820 g/mol. The van der Waals surface area contributed by atoms with E-state index in [0.717, 1.165) is 12.1 Å². The molecule has 0 fully saturated rings. The number of benzene rings is 2. The van der Waals surface area contributed by atoms with Crippen molar-refractivity contribution in [3.05, 3.63) is 150 Å². The lowest BCUT2D eigenvalue weighted by atomic mass is 9.73. The number of allylic oxidation sites excluding steroid dienone is 2. The van der Waals surface area contributed by atoms with Gasteiger partial charge in [-0.25, -0.2) is 17.6 Å². The van der Waals surface area contributed by atoms with Crippen molar-refractivity contribution in [3.8, 4) is 11.5 Å². The number of pyridine rings is 2. The van der Waals surface area contributed by atoms with Crippen LogP contribution in [0, 0.1) is 34.1 Å². The smallest absolute Gasteiger partial charge is 0.257 e. The van der Waals surface area contributed by atoms with E-state index in [-0.39, 0.29) is 48.7 Å². The van der Waals surface area contributed by atoms with Gasteiger partial charge in [-0.15, -0.1) is 0 Å². The quantitative estimate of drug-likeness (QED) is 0.157. The summed E-state index contributed by atoms with van der Waals surface area (Å²) in [7, 11) is 0. The second-order valence-corrected chi connectivity index (χ2v) is 15.8. The number of ether oxygens (including phenoxy) is 2. The van der Waals surface area contributed by atoms with Gasteiger partial charge in [0, 0.05) is 48.7 Å². The van der Waals surface area contributed by atoms with E-state index in [9.17, 15) is 56.5 Å². The molecule has 4 aliphatic rings. The monoisotopic (exact) mass is 860 g/mol. The standard InChI is InChI=1S/2C22H20F2N2O5/c2*1-22-6-2-3-7-31-16(22)11-26-10-14(18(27)19(28)17(26)20(22)29)21(30)25-9-12-4-5-13(23)8-15(12)24/h2*2-5,8,10,16,28H,6-7,9,11H2,1H3,(H,25,30)/t16-,22+;16-,22-/m11/s1. The van der Waals surface area contributed by atoms with E-state index in [0.29, 0.717) is 38.2 Å². The van der Waals surface area contributed by atoms with Crippen LogP contribution in [-0.2, 0) is 35.7 Å². The molecule has 2 aromatic carbocycles. The topological polar surface area (TPSA) is 195 Å². The Morgan fingerprint density at radius 1 is 0.661 bits per heavy atom. The highest BCUT2D eigenvalue weighted by atomic mass is 19.1. The van der Waals surface area contributed by atoms with Crippen LogP contribution in [0.1, 0.15) is 79.5 Å². The highest BCUT2D eigenvalue weighted by Crippen LogP contribution is 2.42. The molecule has 0 unspecified atom stereocenters. The van der Waals surface area contributed by atoms with E-state index in [4.69, 9.17) is 9.47 Å². The number of rotatable bonds is 6. The van der Waals surface area contributed by atoms with Crippen molar-refractivity contribution < 1.29 is 56.4 Å². The molecule has 2 amide bonds. The average molecular weight is 861 g/mol. The lowest BCUT2D eigenvalue weighted by Crippen LogP contribution is -2.49. The fraction of sp³-hybridized carbons (Fsp3) is 0.318. The first-order chi connectivity index (χ1) is 29.4. The number of aromatic hydroxyl groups is 2. The van der Waals surface area contributed by atoms with Gasteiger partial charge in [0.1, 0.15) is 45.8 Å². The van der Waals surface area contributed by atoms with Crippen LogP contribution in [0.4, 0.5) is 17.6 Å². The number of carbonyl (C=O) groups is 4. The molecule has 18 heteroatoms. The van der Waals surface area contributed by atoms with Crippen LogP contribution in [-0.4, -0.2) is 68.1 Å². The van der Waals surface area contributed by atoms with Crippen molar-refractivity contribution in [1.82, 2.24) is 19.8 Å². The van der Waals surface area contributed by atoms with Gasteiger partial charge in [0.2, 0.25) is 10.9 Å². The molecule has 0 aliphatic carbocycles. The number of hydrogen-bond acceptors (Lipinski definition) is 10. The number of hydrogen-bond donors (Lipinski definition) is 4. The number of halogens is 4. The summed E-state index contributed by atoms with van der Waals surface area (Å²) in [6.07, 6.45) is 9.46. The lowest BCUT2D eigenvalue weighted by molar-refractivity contribution is -0.0238. The molecule has 8 rings (SSSR count). The number of Topliss-reactive ketones (excluding diaryl/α,β-unsaturated/α-hetero) is 2. The lowest BCUT2D eigenvalue weighted by Gasteiger charge is -2.40. The molecule has 0 bridgehead atoms. The van der Waals surface area contributed by atoms with Gasteiger partial charge in [0.05, 0.1) is 49.3 Å². The number of aromatic nitrogens is 2. The maximum absolute atomic E-state index is 13.8. The van der Waals surface area contributed by atoms with Crippen LogP contribution >= 0.6 is 0 Å². The van der Waals surface area contributed by atoms with Gasteiger partial charge in [0.25, 0.3) is 11.8 Å². The van der Waals surface area contributed by atoms with E-state index >= 15 is 0 Å². The molecule has 6 heterocycles. The van der Waals surface area contributed by atoms with Gasteiger partial charge in [-0.2, -0.15) is 0 Å². The first-order valence-electron chi connectivity index (χ1n) is 19.4. The molecule has 62 heavy (non-hydrogen) atoms. The summed E-state index contributed by atoms with van der Waals surface area (Å²) in [6.45, 7) is 3.85.